The fraction of sp³-hybridized carbons (Fsp3) is 0.200. The maximum Gasteiger partial charge on any atom is 0.185 e. The molecular formula is C20H19N3O2. The van der Waals surface area contributed by atoms with Crippen LogP contribution in [0.1, 0.15) is 15.9 Å². The van der Waals surface area contributed by atoms with Crippen molar-refractivity contribution in [3.8, 4) is 0 Å². The molecule has 25 heavy (non-hydrogen) atoms. The average Bonchev–Trinajstić information content (AvgIpc) is 3.10. The van der Waals surface area contributed by atoms with Crippen LogP contribution in [0.4, 0.5) is 5.69 Å². The van der Waals surface area contributed by atoms with Crippen molar-refractivity contribution in [1.29, 1.82) is 0 Å². The molecule has 0 bridgehead atoms. The normalized spacial score (nSPS) is 15.1. The van der Waals surface area contributed by atoms with Crippen molar-refractivity contribution in [2.75, 3.05) is 31.2 Å². The lowest BCUT2D eigenvalue weighted by Gasteiger charge is -2.28. The standard InChI is InChI=1S/C20H19N3O2/c24-20(15-5-7-21-8-6-15)4-1-16-14-22-19-3-2-17(13-18(16)19)23-9-11-25-12-10-23/h1-8,13-14,22H,9-12H2/b4-1+. The lowest BCUT2D eigenvalue weighted by Crippen LogP contribution is -2.36. The number of nitrogens with one attached hydrogen (secondary N) is 1. The average molecular weight is 333 g/mol. The quantitative estimate of drug-likeness (QED) is 0.588. The van der Waals surface area contributed by atoms with Gasteiger partial charge in [0.05, 0.1) is 13.2 Å². The van der Waals surface area contributed by atoms with Crippen LogP contribution in [0, 0.1) is 0 Å². The summed E-state index contributed by atoms with van der Waals surface area (Å²) >= 11 is 0. The number of benzene rings is 1. The van der Waals surface area contributed by atoms with E-state index in [1.165, 1.54) is 5.69 Å². The Morgan fingerprint density at radius 2 is 1.96 bits per heavy atom. The number of allylic oxidation sites excluding steroid dienone is 1. The molecule has 0 atom stereocenters. The monoisotopic (exact) mass is 333 g/mol. The first-order chi connectivity index (χ1) is 12.3. The number of nitrogens with zero attached hydrogens (tertiary/aromatic N) is 2. The van der Waals surface area contributed by atoms with Crippen LogP contribution in [0.3, 0.4) is 0 Å². The van der Waals surface area contributed by atoms with Crippen LogP contribution < -0.4 is 4.90 Å². The number of pyridine rings is 1. The Kier molecular flexibility index (Phi) is 4.31. The first-order valence-electron chi connectivity index (χ1n) is 8.37. The lowest BCUT2D eigenvalue weighted by atomic mass is 10.1. The van der Waals surface area contributed by atoms with Gasteiger partial charge in [-0.25, -0.2) is 0 Å². The molecule has 1 aromatic carbocycles. The number of carbonyl (C=O) groups excluding carboxylic acids is 1. The Bertz CT molecular complexity index is 909. The predicted octanol–water partition coefficient (Wildman–Crippen LogP) is 3.30. The summed E-state index contributed by atoms with van der Waals surface area (Å²) in [6.45, 7) is 3.33. The van der Waals surface area contributed by atoms with E-state index in [0.29, 0.717) is 5.56 Å². The molecule has 1 aliphatic heterocycles. The Morgan fingerprint density at radius 1 is 1.16 bits per heavy atom. The predicted molar refractivity (Wildman–Crippen MR) is 98.9 cm³/mol. The molecule has 0 radical (unpaired) electrons. The molecule has 1 fully saturated rings. The third kappa shape index (κ3) is 3.32. The van der Waals surface area contributed by atoms with E-state index in [2.05, 4.69) is 33.1 Å². The van der Waals surface area contributed by atoms with E-state index in [1.54, 1.807) is 30.6 Å². The number of H-pyrrole nitrogens is 1. The minimum atomic E-state index is -0.0268. The zero-order valence-corrected chi connectivity index (χ0v) is 13.8. The van der Waals surface area contributed by atoms with Crippen LogP contribution in [0.25, 0.3) is 17.0 Å². The highest BCUT2D eigenvalue weighted by molar-refractivity contribution is 6.07. The van der Waals surface area contributed by atoms with Gasteiger partial charge in [-0.1, -0.05) is 0 Å². The minimum Gasteiger partial charge on any atom is -0.378 e. The number of aromatic nitrogens is 2. The molecule has 0 unspecified atom stereocenters. The molecule has 4 rings (SSSR count). The summed E-state index contributed by atoms with van der Waals surface area (Å²) in [6, 6.07) is 9.83. The van der Waals surface area contributed by atoms with Gasteiger partial charge in [0, 0.05) is 53.8 Å². The van der Waals surface area contributed by atoms with E-state index in [-0.39, 0.29) is 5.78 Å². The molecule has 3 aromatic rings. The highest BCUT2D eigenvalue weighted by Crippen LogP contribution is 2.26. The number of carbonyl (C=O) groups is 1. The number of fused-ring (bicyclic) bond motifs is 1. The van der Waals surface area contributed by atoms with Crippen molar-refractivity contribution in [3.63, 3.8) is 0 Å². The van der Waals surface area contributed by atoms with Gasteiger partial charge in [0.25, 0.3) is 0 Å². The van der Waals surface area contributed by atoms with Gasteiger partial charge in [-0.15, -0.1) is 0 Å². The second-order valence-electron chi connectivity index (χ2n) is 6.01. The van der Waals surface area contributed by atoms with E-state index in [1.807, 2.05) is 12.3 Å². The molecule has 0 aliphatic carbocycles. The zero-order valence-electron chi connectivity index (χ0n) is 13.8. The first-order valence-corrected chi connectivity index (χ1v) is 8.37. The molecule has 2 aromatic heterocycles. The molecule has 1 saturated heterocycles. The Labute approximate surface area is 145 Å². The Hall–Kier alpha value is -2.92. The summed E-state index contributed by atoms with van der Waals surface area (Å²) < 4.78 is 5.42. The maximum absolute atomic E-state index is 12.2. The summed E-state index contributed by atoms with van der Waals surface area (Å²) in [4.78, 5) is 21.8. The second kappa shape index (κ2) is 6.91. The third-order valence-electron chi connectivity index (χ3n) is 4.45. The van der Waals surface area contributed by atoms with Gasteiger partial charge in [0.2, 0.25) is 0 Å². The van der Waals surface area contributed by atoms with Crippen molar-refractivity contribution in [2.24, 2.45) is 0 Å². The Morgan fingerprint density at radius 3 is 2.76 bits per heavy atom. The zero-order chi connectivity index (χ0) is 17.1. The van der Waals surface area contributed by atoms with Crippen LogP contribution in [0.2, 0.25) is 0 Å². The number of ketones is 1. The Balaban J connectivity index is 1.61. The number of anilines is 1. The van der Waals surface area contributed by atoms with Gasteiger partial charge in [0.1, 0.15) is 0 Å². The van der Waals surface area contributed by atoms with Crippen LogP contribution >= 0.6 is 0 Å². The minimum absolute atomic E-state index is 0.0268. The van der Waals surface area contributed by atoms with E-state index < -0.39 is 0 Å². The summed E-state index contributed by atoms with van der Waals surface area (Å²) in [7, 11) is 0. The van der Waals surface area contributed by atoms with Gasteiger partial charge in [-0.05, 0) is 48.0 Å². The molecular weight excluding hydrogens is 314 g/mol. The smallest absolute Gasteiger partial charge is 0.185 e. The third-order valence-corrected chi connectivity index (χ3v) is 4.45. The van der Waals surface area contributed by atoms with Crippen LogP contribution in [0.5, 0.6) is 0 Å². The maximum atomic E-state index is 12.2. The highest BCUT2D eigenvalue weighted by atomic mass is 16.5. The molecule has 5 heteroatoms. The topological polar surface area (TPSA) is 58.2 Å². The van der Waals surface area contributed by atoms with Gasteiger partial charge in [-0.3, -0.25) is 9.78 Å². The fourth-order valence-electron chi connectivity index (χ4n) is 3.06. The van der Waals surface area contributed by atoms with Crippen LogP contribution in [-0.2, 0) is 4.74 Å². The van der Waals surface area contributed by atoms with Crippen LogP contribution in [-0.4, -0.2) is 42.1 Å². The first kappa shape index (κ1) is 15.6. The number of rotatable bonds is 4. The molecule has 0 amide bonds. The van der Waals surface area contributed by atoms with Gasteiger partial charge in [0.15, 0.2) is 5.78 Å². The van der Waals surface area contributed by atoms with Crippen molar-refractivity contribution < 1.29 is 9.53 Å². The number of hydrogen-bond acceptors (Lipinski definition) is 4. The number of ether oxygens (including phenoxy) is 1. The van der Waals surface area contributed by atoms with Crippen molar-refractivity contribution in [2.45, 2.75) is 0 Å². The highest BCUT2D eigenvalue weighted by Gasteiger charge is 2.12. The van der Waals surface area contributed by atoms with E-state index in [9.17, 15) is 4.79 Å². The molecule has 1 aliphatic rings. The van der Waals surface area contributed by atoms with Gasteiger partial charge < -0.3 is 14.6 Å². The van der Waals surface area contributed by atoms with E-state index in [4.69, 9.17) is 4.74 Å². The molecule has 0 spiro atoms. The SMILES string of the molecule is O=C(/C=C/c1c[nH]c2ccc(N3CCOCC3)cc12)c1ccncc1. The second-order valence-corrected chi connectivity index (χ2v) is 6.01. The van der Waals surface area contributed by atoms with Crippen molar-refractivity contribution in [3.05, 3.63) is 66.1 Å². The number of aromatic amines is 1. The summed E-state index contributed by atoms with van der Waals surface area (Å²) in [5, 5.41) is 1.11. The van der Waals surface area contributed by atoms with Crippen molar-refractivity contribution >= 4 is 28.4 Å². The lowest BCUT2D eigenvalue weighted by molar-refractivity contribution is 0.104. The van der Waals surface area contributed by atoms with Crippen LogP contribution in [0.15, 0.2) is 55.0 Å². The summed E-state index contributed by atoms with van der Waals surface area (Å²) in [6.07, 6.45) is 8.66. The van der Waals surface area contributed by atoms with Gasteiger partial charge >= 0.3 is 0 Å². The molecule has 0 saturated carbocycles. The van der Waals surface area contributed by atoms with E-state index >= 15 is 0 Å². The summed E-state index contributed by atoms with van der Waals surface area (Å²) in [5.41, 5.74) is 3.89. The molecule has 3 heterocycles. The van der Waals surface area contributed by atoms with Crippen molar-refractivity contribution in [1.82, 2.24) is 9.97 Å². The largest absolute Gasteiger partial charge is 0.378 e. The fourth-order valence-corrected chi connectivity index (χ4v) is 3.06. The van der Waals surface area contributed by atoms with E-state index in [0.717, 1.165) is 42.8 Å². The number of morpholine rings is 1. The number of hydrogen-bond donors (Lipinski definition) is 1. The molecule has 5 nitrogen and oxygen atoms in total. The molecule has 1 N–H and O–H groups in total. The molecule has 126 valence electrons. The summed E-state index contributed by atoms with van der Waals surface area (Å²) in [5.74, 6) is -0.0268. The van der Waals surface area contributed by atoms with Gasteiger partial charge in [-0.2, -0.15) is 0 Å².